The maximum atomic E-state index is 12.8. The van der Waals surface area contributed by atoms with Crippen molar-refractivity contribution in [2.24, 2.45) is 0 Å². The average Bonchev–Trinajstić information content (AvgIpc) is 2.92. The monoisotopic (exact) mass is 482 g/mol. The molecule has 1 N–H and O–H groups in total. The lowest BCUT2D eigenvalue weighted by molar-refractivity contribution is 0.102. The van der Waals surface area contributed by atoms with Crippen LogP contribution >= 0.6 is 0 Å². The highest BCUT2D eigenvalue weighted by atomic mass is 19.1. The Hall–Kier alpha value is -4.65. The molecule has 36 heavy (non-hydrogen) atoms. The van der Waals surface area contributed by atoms with E-state index in [1.807, 2.05) is 48.5 Å². The van der Waals surface area contributed by atoms with Crippen LogP contribution in [0.5, 0.6) is 23.0 Å². The van der Waals surface area contributed by atoms with Crippen molar-refractivity contribution in [3.63, 3.8) is 0 Å². The van der Waals surface area contributed by atoms with E-state index in [0.29, 0.717) is 39.8 Å². The van der Waals surface area contributed by atoms with E-state index in [-0.39, 0.29) is 5.91 Å². The summed E-state index contributed by atoms with van der Waals surface area (Å²) in [4.78, 5) is 17.2. The Morgan fingerprint density at radius 3 is 2.39 bits per heavy atom. The van der Waals surface area contributed by atoms with Crippen molar-refractivity contribution in [2.75, 3.05) is 19.5 Å². The molecule has 1 amide bonds. The van der Waals surface area contributed by atoms with Gasteiger partial charge in [-0.2, -0.15) is 0 Å². The summed E-state index contributed by atoms with van der Waals surface area (Å²) in [5.74, 6) is 2.17. The maximum absolute atomic E-state index is 12.8. The summed E-state index contributed by atoms with van der Waals surface area (Å²) >= 11 is 0. The van der Waals surface area contributed by atoms with Gasteiger partial charge in [0, 0.05) is 34.3 Å². The second-order valence-corrected chi connectivity index (χ2v) is 8.11. The fraction of sp³-hybridized carbons (Fsp3) is 0.103. The molecule has 0 saturated heterocycles. The van der Waals surface area contributed by atoms with E-state index in [1.165, 1.54) is 0 Å². The molecule has 0 bridgehead atoms. The fourth-order valence-electron chi connectivity index (χ4n) is 4.04. The highest BCUT2D eigenvalue weighted by Gasteiger charge is 2.13. The molecule has 6 nitrogen and oxygen atoms in total. The van der Waals surface area contributed by atoms with Crippen molar-refractivity contribution >= 4 is 33.3 Å². The molecule has 0 unspecified atom stereocenters. The van der Waals surface area contributed by atoms with Gasteiger partial charge in [0.1, 0.15) is 18.2 Å². The van der Waals surface area contributed by atoms with Gasteiger partial charge in [0.05, 0.1) is 19.7 Å². The molecule has 5 aromatic rings. The summed E-state index contributed by atoms with van der Waals surface area (Å²) in [6, 6.07) is 23.2. The van der Waals surface area contributed by atoms with E-state index < -0.39 is 6.67 Å². The first-order chi connectivity index (χ1) is 17.6. The summed E-state index contributed by atoms with van der Waals surface area (Å²) in [5, 5.41) is 5.50. The topological polar surface area (TPSA) is 69.7 Å². The van der Waals surface area contributed by atoms with E-state index in [2.05, 4.69) is 10.3 Å². The lowest BCUT2D eigenvalue weighted by Gasteiger charge is -2.13. The van der Waals surface area contributed by atoms with Crippen molar-refractivity contribution in [1.82, 2.24) is 4.98 Å². The molecular formula is C29H23FN2O4. The normalized spacial score (nSPS) is 10.9. The van der Waals surface area contributed by atoms with Gasteiger partial charge in [0.15, 0.2) is 11.5 Å². The van der Waals surface area contributed by atoms with Crippen molar-refractivity contribution in [2.45, 2.75) is 6.67 Å². The van der Waals surface area contributed by atoms with Gasteiger partial charge < -0.3 is 19.5 Å². The van der Waals surface area contributed by atoms with E-state index in [1.54, 1.807) is 50.7 Å². The third-order valence-corrected chi connectivity index (χ3v) is 5.91. The molecule has 0 aliphatic rings. The van der Waals surface area contributed by atoms with Crippen molar-refractivity contribution in [3.05, 3.63) is 96.2 Å². The molecule has 0 saturated carbocycles. The predicted molar refractivity (Wildman–Crippen MR) is 138 cm³/mol. The Labute approximate surface area is 207 Å². The van der Waals surface area contributed by atoms with Crippen molar-refractivity contribution in [1.29, 1.82) is 0 Å². The molecule has 5 rings (SSSR count). The largest absolute Gasteiger partial charge is 0.493 e. The molecule has 0 spiro atoms. The van der Waals surface area contributed by atoms with Gasteiger partial charge in [-0.25, -0.2) is 4.39 Å². The van der Waals surface area contributed by atoms with Crippen LogP contribution in [-0.4, -0.2) is 25.1 Å². The molecule has 0 atom stereocenters. The number of ether oxygens (including phenoxy) is 3. The van der Waals surface area contributed by atoms with Gasteiger partial charge in [-0.15, -0.1) is 0 Å². The first-order valence-electron chi connectivity index (χ1n) is 11.3. The molecule has 0 radical (unpaired) electrons. The zero-order chi connectivity index (χ0) is 25.1. The van der Waals surface area contributed by atoms with Crippen LogP contribution in [0.25, 0.3) is 21.7 Å². The van der Waals surface area contributed by atoms with E-state index in [4.69, 9.17) is 14.2 Å². The molecule has 0 aliphatic heterocycles. The molecule has 1 heterocycles. The highest BCUT2D eigenvalue weighted by molar-refractivity contribution is 6.09. The molecule has 0 aliphatic carbocycles. The number of halogens is 1. The third-order valence-electron chi connectivity index (χ3n) is 5.91. The van der Waals surface area contributed by atoms with Gasteiger partial charge in [0.25, 0.3) is 5.91 Å². The Morgan fingerprint density at radius 2 is 1.64 bits per heavy atom. The number of hydrogen-bond donors (Lipinski definition) is 1. The molecule has 180 valence electrons. The van der Waals surface area contributed by atoms with Crippen LogP contribution in [0.4, 0.5) is 10.1 Å². The van der Waals surface area contributed by atoms with Gasteiger partial charge in [-0.1, -0.05) is 24.3 Å². The number of nitrogens with one attached hydrogen (secondary N) is 1. The van der Waals surface area contributed by atoms with Crippen molar-refractivity contribution < 1.29 is 23.4 Å². The van der Waals surface area contributed by atoms with Crippen LogP contribution in [0.2, 0.25) is 0 Å². The standard InChI is InChI=1S/C29H23FN2O4/c1-34-27-15-23-25(16-28(27)35-2)31-13-12-26(23)36-21-10-11-22-20(14-21)4-3-5-24(22)32-29(33)19-8-6-18(17-30)7-9-19/h3-16H,17H2,1-2H3,(H,32,33). The lowest BCUT2D eigenvalue weighted by Crippen LogP contribution is -2.12. The van der Waals surface area contributed by atoms with Crippen LogP contribution < -0.4 is 19.5 Å². The van der Waals surface area contributed by atoms with Crippen LogP contribution in [0.15, 0.2) is 85.1 Å². The fourth-order valence-corrected chi connectivity index (χ4v) is 4.04. The van der Waals surface area contributed by atoms with Crippen molar-refractivity contribution in [3.8, 4) is 23.0 Å². The number of carbonyl (C=O) groups is 1. The molecule has 1 aromatic heterocycles. The Bertz CT molecular complexity index is 1570. The third kappa shape index (κ3) is 4.51. The SMILES string of the molecule is COc1cc2nccc(Oc3ccc4c(NC(=O)c5ccc(CF)cc5)cccc4c3)c2cc1OC. The summed E-state index contributed by atoms with van der Waals surface area (Å²) in [6.07, 6.45) is 1.68. The quantitative estimate of drug-likeness (QED) is 0.273. The minimum absolute atomic E-state index is 0.263. The maximum Gasteiger partial charge on any atom is 0.255 e. The van der Waals surface area contributed by atoms with Crippen LogP contribution in [0.1, 0.15) is 15.9 Å². The zero-order valence-electron chi connectivity index (χ0n) is 19.7. The predicted octanol–water partition coefficient (Wildman–Crippen LogP) is 6.92. The lowest BCUT2D eigenvalue weighted by atomic mass is 10.1. The van der Waals surface area contributed by atoms with E-state index in [9.17, 15) is 9.18 Å². The number of hydrogen-bond acceptors (Lipinski definition) is 5. The second-order valence-electron chi connectivity index (χ2n) is 8.11. The second kappa shape index (κ2) is 9.92. The number of anilines is 1. The smallest absolute Gasteiger partial charge is 0.255 e. The average molecular weight is 483 g/mol. The number of rotatable bonds is 7. The number of aromatic nitrogens is 1. The van der Waals surface area contributed by atoms with Crippen LogP contribution in [0.3, 0.4) is 0 Å². The van der Waals surface area contributed by atoms with E-state index in [0.717, 1.165) is 21.7 Å². The summed E-state index contributed by atoms with van der Waals surface area (Å²) in [5.41, 5.74) is 2.38. The first kappa shape index (κ1) is 23.1. The van der Waals surface area contributed by atoms with Gasteiger partial charge in [-0.3, -0.25) is 9.78 Å². The van der Waals surface area contributed by atoms with Gasteiger partial charge in [0.2, 0.25) is 0 Å². The minimum atomic E-state index is -0.563. The van der Waals surface area contributed by atoms with Gasteiger partial charge >= 0.3 is 0 Å². The number of benzene rings is 4. The number of methoxy groups -OCH3 is 2. The molecule has 4 aromatic carbocycles. The van der Waals surface area contributed by atoms with Gasteiger partial charge in [-0.05, 0) is 59.5 Å². The number of pyridine rings is 1. The number of alkyl halides is 1. The number of nitrogens with zero attached hydrogens (tertiary/aromatic N) is 1. The number of amides is 1. The minimum Gasteiger partial charge on any atom is -0.493 e. The summed E-state index contributed by atoms with van der Waals surface area (Å²) in [7, 11) is 3.16. The van der Waals surface area contributed by atoms with Crippen LogP contribution in [0, 0.1) is 0 Å². The zero-order valence-corrected chi connectivity index (χ0v) is 19.7. The van der Waals surface area contributed by atoms with E-state index >= 15 is 0 Å². The highest BCUT2D eigenvalue weighted by Crippen LogP contribution is 2.37. The van der Waals surface area contributed by atoms with Crippen LogP contribution in [-0.2, 0) is 6.67 Å². The Balaban J connectivity index is 1.43. The summed E-state index contributed by atoms with van der Waals surface area (Å²) < 4.78 is 29.8. The summed E-state index contributed by atoms with van der Waals surface area (Å²) in [6.45, 7) is -0.563. The number of carbonyl (C=O) groups excluding carboxylic acids is 1. The molecule has 7 heteroatoms. The Morgan fingerprint density at radius 1 is 0.861 bits per heavy atom. The molecule has 0 fully saturated rings. The first-order valence-corrected chi connectivity index (χ1v) is 11.3. The Kier molecular flexibility index (Phi) is 6.36. The number of fused-ring (bicyclic) bond motifs is 2. The molecular weight excluding hydrogens is 459 g/mol.